The van der Waals surface area contributed by atoms with Gasteiger partial charge in [0.25, 0.3) is 0 Å². The topological polar surface area (TPSA) is 38.3 Å². The second kappa shape index (κ2) is 10.9. The summed E-state index contributed by atoms with van der Waals surface area (Å²) in [6, 6.07) is 6.42. The Morgan fingerprint density at radius 1 is 0.600 bits per heavy atom. The summed E-state index contributed by atoms with van der Waals surface area (Å²) < 4.78 is 161. The van der Waals surface area contributed by atoms with E-state index in [1.807, 2.05) is 0 Å². The number of esters is 1. The van der Waals surface area contributed by atoms with Gasteiger partial charge in [0, 0.05) is 12.2 Å². The minimum Gasteiger partial charge on any atom is -0.457 e. The van der Waals surface area contributed by atoms with Gasteiger partial charge in [0.2, 0.25) is 0 Å². The fourth-order valence-corrected chi connectivity index (χ4v) is 3.42. The maximum atomic E-state index is 13.0. The molecule has 0 unspecified atom stereocenters. The molecule has 0 radical (unpaired) electrons. The van der Waals surface area contributed by atoms with Gasteiger partial charge in [0.1, 0.15) is 6.61 Å². The third-order valence-electron chi connectivity index (χ3n) is 5.26. The summed E-state index contributed by atoms with van der Waals surface area (Å²) in [7, 11) is 0. The minimum atomic E-state index is -5.11. The molecule has 0 heterocycles. The first-order valence-corrected chi connectivity index (χ1v) is 10.8. The molecular weight excluding hydrogens is 574 g/mol. The van der Waals surface area contributed by atoms with Gasteiger partial charge >= 0.3 is 30.7 Å². The van der Waals surface area contributed by atoms with Crippen LogP contribution in [-0.2, 0) is 42.6 Å². The van der Waals surface area contributed by atoms with Crippen LogP contribution >= 0.6 is 0 Å². The van der Waals surface area contributed by atoms with E-state index in [-0.39, 0.29) is 28.9 Å². The standard InChI is InChI=1S/C25H15F12NO2/c26-22(27,28)16-4-13(5-17(9-16)23(29,30)31)11-38-20-3-1-2-15(8-20)21(39)40-12-14-6-18(24(32,33)34)10-19(7-14)25(35,36)37/h1-10,38H,11-12H2. The van der Waals surface area contributed by atoms with Gasteiger partial charge < -0.3 is 10.1 Å². The molecule has 0 saturated heterocycles. The Morgan fingerprint density at radius 2 is 1.02 bits per heavy atom. The zero-order chi connectivity index (χ0) is 30.1. The Morgan fingerprint density at radius 3 is 1.45 bits per heavy atom. The summed E-state index contributed by atoms with van der Waals surface area (Å²) in [5.41, 5.74) is -7.48. The number of rotatable bonds is 6. The SMILES string of the molecule is O=C(OCc1cc(C(F)(F)F)cc(C(F)(F)F)c1)c1cccc(NCc2cc(C(F)(F)F)cc(C(F)(F)F)c2)c1. The summed E-state index contributed by atoms with van der Waals surface area (Å²) in [6.45, 7) is -1.50. The van der Waals surface area contributed by atoms with Crippen LogP contribution in [0.3, 0.4) is 0 Å². The van der Waals surface area contributed by atoms with Crippen LogP contribution in [0.2, 0.25) is 0 Å². The lowest BCUT2D eigenvalue weighted by atomic mass is 10.0. The van der Waals surface area contributed by atoms with Crippen molar-refractivity contribution in [1.29, 1.82) is 0 Å². The molecule has 0 spiro atoms. The van der Waals surface area contributed by atoms with Crippen LogP contribution in [0.25, 0.3) is 0 Å². The first kappa shape index (κ1) is 30.6. The van der Waals surface area contributed by atoms with E-state index >= 15 is 0 Å². The van der Waals surface area contributed by atoms with Crippen molar-refractivity contribution in [2.75, 3.05) is 5.32 Å². The molecule has 0 aliphatic rings. The predicted octanol–water partition coefficient (Wildman–Crippen LogP) is 8.73. The molecule has 3 nitrogen and oxygen atoms in total. The molecule has 0 amide bonds. The molecule has 0 aliphatic heterocycles. The Balaban J connectivity index is 1.75. The number of alkyl halides is 12. The number of benzene rings is 3. The van der Waals surface area contributed by atoms with E-state index < -0.39 is 71.6 Å². The van der Waals surface area contributed by atoms with Crippen molar-refractivity contribution in [3.8, 4) is 0 Å². The summed E-state index contributed by atoms with van der Waals surface area (Å²) in [5, 5.41) is 2.54. The summed E-state index contributed by atoms with van der Waals surface area (Å²) in [4.78, 5) is 12.4. The van der Waals surface area contributed by atoms with Crippen LogP contribution in [-0.4, -0.2) is 5.97 Å². The fraction of sp³-hybridized carbons (Fsp3) is 0.240. The van der Waals surface area contributed by atoms with Gasteiger partial charge in [-0.15, -0.1) is 0 Å². The summed E-state index contributed by atoms with van der Waals surface area (Å²) in [5.74, 6) is -1.17. The first-order valence-electron chi connectivity index (χ1n) is 10.8. The maximum Gasteiger partial charge on any atom is 0.416 e. The van der Waals surface area contributed by atoms with Crippen molar-refractivity contribution in [2.45, 2.75) is 37.9 Å². The molecular formula is C25H15F12NO2. The molecule has 216 valence electrons. The van der Waals surface area contributed by atoms with Gasteiger partial charge in [-0.3, -0.25) is 0 Å². The molecule has 15 heteroatoms. The fourth-order valence-electron chi connectivity index (χ4n) is 3.42. The van der Waals surface area contributed by atoms with E-state index in [1.165, 1.54) is 12.1 Å². The smallest absolute Gasteiger partial charge is 0.416 e. The Labute approximate surface area is 217 Å². The third kappa shape index (κ3) is 8.05. The van der Waals surface area contributed by atoms with E-state index in [0.29, 0.717) is 24.3 Å². The minimum absolute atomic E-state index is 0.0395. The normalized spacial score (nSPS) is 12.8. The van der Waals surface area contributed by atoms with E-state index in [4.69, 9.17) is 4.74 Å². The Hall–Kier alpha value is -3.91. The van der Waals surface area contributed by atoms with Gasteiger partial charge in [0.15, 0.2) is 0 Å². The van der Waals surface area contributed by atoms with Crippen molar-refractivity contribution in [3.63, 3.8) is 0 Å². The number of nitrogens with one attached hydrogen (secondary N) is 1. The van der Waals surface area contributed by atoms with Crippen LogP contribution in [0.15, 0.2) is 60.7 Å². The highest BCUT2D eigenvalue weighted by Gasteiger charge is 2.38. The Bertz CT molecular complexity index is 1310. The van der Waals surface area contributed by atoms with Crippen molar-refractivity contribution in [1.82, 2.24) is 0 Å². The van der Waals surface area contributed by atoms with E-state index in [1.54, 1.807) is 0 Å². The average Bonchev–Trinajstić information content (AvgIpc) is 2.83. The number of ether oxygens (including phenoxy) is 1. The van der Waals surface area contributed by atoms with Crippen molar-refractivity contribution in [2.24, 2.45) is 0 Å². The molecule has 40 heavy (non-hydrogen) atoms. The van der Waals surface area contributed by atoms with Crippen LogP contribution < -0.4 is 5.32 Å². The van der Waals surface area contributed by atoms with Gasteiger partial charge in [-0.05, 0) is 65.7 Å². The van der Waals surface area contributed by atoms with Gasteiger partial charge in [0.05, 0.1) is 27.8 Å². The number of carbonyl (C=O) groups excluding carboxylic acids is 1. The second-order valence-electron chi connectivity index (χ2n) is 8.34. The number of anilines is 1. The molecule has 0 fully saturated rings. The number of halogens is 12. The molecule has 3 rings (SSSR count). The van der Waals surface area contributed by atoms with Gasteiger partial charge in [-0.1, -0.05) is 6.07 Å². The van der Waals surface area contributed by atoms with Crippen LogP contribution in [0.5, 0.6) is 0 Å². The highest BCUT2D eigenvalue weighted by molar-refractivity contribution is 5.90. The number of hydrogen-bond donors (Lipinski definition) is 1. The molecule has 1 N–H and O–H groups in total. The van der Waals surface area contributed by atoms with E-state index in [2.05, 4.69) is 5.32 Å². The van der Waals surface area contributed by atoms with Crippen molar-refractivity contribution in [3.05, 3.63) is 99.6 Å². The molecule has 0 bridgehead atoms. The molecule has 0 atom stereocenters. The quantitative estimate of drug-likeness (QED) is 0.231. The third-order valence-corrected chi connectivity index (χ3v) is 5.26. The number of carbonyl (C=O) groups is 1. The van der Waals surface area contributed by atoms with Gasteiger partial charge in [-0.25, -0.2) is 4.79 Å². The highest BCUT2D eigenvalue weighted by Crippen LogP contribution is 2.38. The van der Waals surface area contributed by atoms with E-state index in [0.717, 1.165) is 12.1 Å². The Kier molecular flexibility index (Phi) is 8.37. The van der Waals surface area contributed by atoms with Crippen molar-refractivity contribution >= 4 is 11.7 Å². The molecule has 3 aromatic carbocycles. The van der Waals surface area contributed by atoms with Gasteiger partial charge in [-0.2, -0.15) is 52.7 Å². The molecule has 0 aliphatic carbocycles. The highest BCUT2D eigenvalue weighted by atomic mass is 19.4. The largest absolute Gasteiger partial charge is 0.457 e. The zero-order valence-electron chi connectivity index (χ0n) is 19.5. The van der Waals surface area contributed by atoms with Crippen molar-refractivity contribution < 1.29 is 62.2 Å². The average molecular weight is 589 g/mol. The maximum absolute atomic E-state index is 13.0. The monoisotopic (exact) mass is 589 g/mol. The lowest BCUT2D eigenvalue weighted by molar-refractivity contribution is -0.144. The van der Waals surface area contributed by atoms with E-state index in [9.17, 15) is 57.5 Å². The zero-order valence-corrected chi connectivity index (χ0v) is 19.5. The predicted molar refractivity (Wildman–Crippen MR) is 116 cm³/mol. The van der Waals surface area contributed by atoms with Crippen LogP contribution in [0.4, 0.5) is 58.4 Å². The summed E-state index contributed by atoms with van der Waals surface area (Å²) >= 11 is 0. The van der Waals surface area contributed by atoms with Crippen LogP contribution in [0, 0.1) is 0 Å². The first-order chi connectivity index (χ1) is 18.2. The number of hydrogen-bond acceptors (Lipinski definition) is 3. The lowest BCUT2D eigenvalue weighted by Crippen LogP contribution is -2.13. The summed E-state index contributed by atoms with van der Waals surface area (Å²) in [6.07, 6.45) is -20.3. The molecule has 0 saturated carbocycles. The molecule has 3 aromatic rings. The molecule has 0 aromatic heterocycles. The second-order valence-corrected chi connectivity index (χ2v) is 8.34. The van der Waals surface area contributed by atoms with Crippen LogP contribution in [0.1, 0.15) is 43.7 Å². The lowest BCUT2D eigenvalue weighted by Gasteiger charge is -2.15.